The lowest BCUT2D eigenvalue weighted by Gasteiger charge is -2.05. The Kier molecular flexibility index (Phi) is 4.26. The van der Waals surface area contributed by atoms with Gasteiger partial charge in [0.15, 0.2) is 5.69 Å². The largest absolute Gasteiger partial charge is 0.469 e. The minimum absolute atomic E-state index is 0.0444. The highest BCUT2D eigenvalue weighted by atomic mass is 16.6. The van der Waals surface area contributed by atoms with E-state index in [1.54, 1.807) is 6.92 Å². The molecule has 0 fully saturated rings. The molecule has 21 heavy (non-hydrogen) atoms. The molecule has 0 amide bonds. The maximum Gasteiger partial charge on any atom is 0.360 e. The first-order valence-corrected chi connectivity index (χ1v) is 5.92. The summed E-state index contributed by atoms with van der Waals surface area (Å²) >= 11 is 0. The van der Waals surface area contributed by atoms with E-state index in [-0.39, 0.29) is 24.4 Å². The van der Waals surface area contributed by atoms with E-state index in [0.29, 0.717) is 11.4 Å². The van der Waals surface area contributed by atoms with E-state index in [1.807, 2.05) is 0 Å². The lowest BCUT2D eigenvalue weighted by molar-refractivity contribution is -0.139. The molecule has 2 aromatic heterocycles. The zero-order valence-electron chi connectivity index (χ0n) is 11.7. The number of carbonyl (C=O) groups excluding carboxylic acids is 2. The van der Waals surface area contributed by atoms with Gasteiger partial charge in [-0.15, -0.1) is 5.10 Å². The Morgan fingerprint density at radius 1 is 1.24 bits per heavy atom. The molecule has 2 heterocycles. The van der Waals surface area contributed by atoms with Gasteiger partial charge in [-0.25, -0.2) is 14.1 Å². The molecule has 10 heteroatoms. The molecule has 0 aromatic carbocycles. The van der Waals surface area contributed by atoms with Gasteiger partial charge >= 0.3 is 11.9 Å². The number of aromatic nitrogens is 5. The molecule has 0 saturated heterocycles. The van der Waals surface area contributed by atoms with Crippen LogP contribution in [0.5, 0.6) is 0 Å². The van der Waals surface area contributed by atoms with Crippen molar-refractivity contribution in [3.8, 4) is 0 Å². The van der Waals surface area contributed by atoms with Crippen LogP contribution in [0.4, 0.5) is 0 Å². The van der Waals surface area contributed by atoms with E-state index >= 15 is 0 Å². The summed E-state index contributed by atoms with van der Waals surface area (Å²) in [6.45, 7) is 1.87. The highest BCUT2D eigenvalue weighted by Crippen LogP contribution is 2.12. The van der Waals surface area contributed by atoms with Crippen LogP contribution in [-0.2, 0) is 27.2 Å². The molecule has 0 aliphatic heterocycles. The fourth-order valence-electron chi connectivity index (χ4n) is 1.63. The molecule has 112 valence electrons. The first-order chi connectivity index (χ1) is 10.1. The van der Waals surface area contributed by atoms with Gasteiger partial charge in [-0.2, -0.15) is 0 Å². The number of methoxy groups -OCH3 is 2. The smallest absolute Gasteiger partial charge is 0.360 e. The molecule has 2 rings (SSSR count). The Morgan fingerprint density at radius 3 is 2.57 bits per heavy atom. The van der Waals surface area contributed by atoms with E-state index in [9.17, 15) is 9.59 Å². The SMILES string of the molecule is COC(=O)Cc1c(C(=O)OC)nnn1Cc1nonc1C. The Balaban J connectivity index is 2.36. The molecule has 10 nitrogen and oxygen atoms in total. The van der Waals surface area contributed by atoms with Gasteiger partial charge in [-0.05, 0) is 6.92 Å². The van der Waals surface area contributed by atoms with Gasteiger partial charge in [0.2, 0.25) is 0 Å². The highest BCUT2D eigenvalue weighted by Gasteiger charge is 2.23. The number of hydrogen-bond donors (Lipinski definition) is 0. The number of nitrogens with zero attached hydrogens (tertiary/aromatic N) is 5. The molecule has 0 unspecified atom stereocenters. The maximum absolute atomic E-state index is 11.7. The fraction of sp³-hybridized carbons (Fsp3) is 0.455. The number of aryl methyl sites for hydroxylation is 1. The van der Waals surface area contributed by atoms with E-state index < -0.39 is 11.9 Å². The van der Waals surface area contributed by atoms with E-state index in [2.05, 4.69) is 34.7 Å². The second-order valence-electron chi connectivity index (χ2n) is 4.08. The average Bonchev–Trinajstić information content (AvgIpc) is 3.06. The van der Waals surface area contributed by atoms with Crippen molar-refractivity contribution in [3.63, 3.8) is 0 Å². The molecule has 0 aliphatic rings. The average molecular weight is 295 g/mol. The molecule has 0 aliphatic carbocycles. The molecule has 2 aromatic rings. The molecular formula is C11H13N5O5. The van der Waals surface area contributed by atoms with Crippen molar-refractivity contribution in [2.75, 3.05) is 14.2 Å². The summed E-state index contributed by atoms with van der Waals surface area (Å²) in [6.07, 6.45) is -0.168. The van der Waals surface area contributed by atoms with E-state index in [0.717, 1.165) is 0 Å². The minimum Gasteiger partial charge on any atom is -0.469 e. The van der Waals surface area contributed by atoms with Gasteiger partial charge in [0.1, 0.15) is 11.4 Å². The first-order valence-electron chi connectivity index (χ1n) is 5.92. The Labute approximate surface area is 119 Å². The summed E-state index contributed by atoms with van der Waals surface area (Å²) in [6, 6.07) is 0. The Hall–Kier alpha value is -2.78. The van der Waals surface area contributed by atoms with Crippen LogP contribution in [0.3, 0.4) is 0 Å². The predicted molar refractivity (Wildman–Crippen MR) is 65.2 cm³/mol. The van der Waals surface area contributed by atoms with Crippen molar-refractivity contribution < 1.29 is 23.7 Å². The van der Waals surface area contributed by atoms with Gasteiger partial charge in [0, 0.05) is 0 Å². The Bertz CT molecular complexity index is 662. The second-order valence-corrected chi connectivity index (χ2v) is 4.08. The number of esters is 2. The topological polar surface area (TPSA) is 122 Å². The lowest BCUT2D eigenvalue weighted by Crippen LogP contribution is -2.16. The van der Waals surface area contributed by atoms with Crippen LogP contribution >= 0.6 is 0 Å². The zero-order chi connectivity index (χ0) is 15.4. The van der Waals surface area contributed by atoms with Gasteiger partial charge in [0.25, 0.3) is 0 Å². The standard InChI is InChI=1S/C11H13N5O5/c1-6-7(14-21-13-6)5-16-8(4-9(17)19-2)10(12-15-16)11(18)20-3/h4-5H2,1-3H3. The molecule has 0 atom stereocenters. The molecular weight excluding hydrogens is 282 g/mol. The van der Waals surface area contributed by atoms with Crippen LogP contribution in [0.25, 0.3) is 0 Å². The summed E-state index contributed by atoms with van der Waals surface area (Å²) < 4.78 is 15.2. The van der Waals surface area contributed by atoms with Gasteiger partial charge in [-0.1, -0.05) is 15.5 Å². The zero-order valence-corrected chi connectivity index (χ0v) is 11.7. The lowest BCUT2D eigenvalue weighted by atomic mass is 10.2. The third-order valence-electron chi connectivity index (χ3n) is 2.80. The van der Waals surface area contributed by atoms with E-state index in [1.165, 1.54) is 18.9 Å². The van der Waals surface area contributed by atoms with Gasteiger partial charge < -0.3 is 9.47 Å². The summed E-state index contributed by atoms with van der Waals surface area (Å²) in [4.78, 5) is 23.1. The maximum atomic E-state index is 11.7. The van der Waals surface area contributed by atoms with Crippen LogP contribution in [0.1, 0.15) is 27.6 Å². The van der Waals surface area contributed by atoms with Crippen molar-refractivity contribution in [1.29, 1.82) is 0 Å². The molecule has 0 spiro atoms. The number of hydrogen-bond acceptors (Lipinski definition) is 9. The van der Waals surface area contributed by atoms with Crippen molar-refractivity contribution in [2.24, 2.45) is 0 Å². The second kappa shape index (κ2) is 6.11. The summed E-state index contributed by atoms with van der Waals surface area (Å²) in [7, 11) is 2.47. The molecule has 0 saturated carbocycles. The third kappa shape index (κ3) is 3.04. The summed E-state index contributed by atoms with van der Waals surface area (Å²) in [5.74, 6) is -1.21. The number of ether oxygens (including phenoxy) is 2. The van der Waals surface area contributed by atoms with E-state index in [4.69, 9.17) is 0 Å². The summed E-state index contributed by atoms with van der Waals surface area (Å²) in [5.41, 5.74) is 1.32. The Morgan fingerprint density at radius 2 is 2.00 bits per heavy atom. The van der Waals surface area contributed by atoms with Gasteiger partial charge in [-0.3, -0.25) is 4.79 Å². The van der Waals surface area contributed by atoms with Crippen LogP contribution < -0.4 is 0 Å². The fourth-order valence-corrected chi connectivity index (χ4v) is 1.63. The quantitative estimate of drug-likeness (QED) is 0.673. The number of rotatable bonds is 5. The predicted octanol–water partition coefficient (Wildman–Crippen LogP) is -0.480. The number of carbonyl (C=O) groups is 2. The minimum atomic E-state index is -0.685. The highest BCUT2D eigenvalue weighted by molar-refractivity contribution is 5.89. The normalized spacial score (nSPS) is 10.4. The monoisotopic (exact) mass is 295 g/mol. The van der Waals surface area contributed by atoms with Gasteiger partial charge in [0.05, 0.1) is 32.9 Å². The third-order valence-corrected chi connectivity index (χ3v) is 2.80. The summed E-state index contributed by atoms with van der Waals surface area (Å²) in [5, 5.41) is 14.9. The van der Waals surface area contributed by atoms with Crippen molar-refractivity contribution in [2.45, 2.75) is 19.9 Å². The van der Waals surface area contributed by atoms with Crippen LogP contribution in [-0.4, -0.2) is 51.5 Å². The van der Waals surface area contributed by atoms with Crippen LogP contribution in [0.2, 0.25) is 0 Å². The molecule has 0 bridgehead atoms. The van der Waals surface area contributed by atoms with Crippen LogP contribution in [0, 0.1) is 6.92 Å². The van der Waals surface area contributed by atoms with Crippen LogP contribution in [0.15, 0.2) is 4.63 Å². The molecule has 0 radical (unpaired) electrons. The molecule has 0 N–H and O–H groups in total. The van der Waals surface area contributed by atoms with Crippen molar-refractivity contribution in [1.82, 2.24) is 25.3 Å². The first kappa shape index (κ1) is 14.6. The van der Waals surface area contributed by atoms with Crippen molar-refractivity contribution in [3.05, 3.63) is 22.8 Å². The van der Waals surface area contributed by atoms with Crippen molar-refractivity contribution >= 4 is 11.9 Å².